The molecule has 0 heterocycles. The molecule has 0 aliphatic rings. The average molecular weight is 277 g/mol. The summed E-state index contributed by atoms with van der Waals surface area (Å²) in [6.07, 6.45) is 0. The van der Waals surface area contributed by atoms with E-state index in [4.69, 9.17) is 17.3 Å². The van der Waals surface area contributed by atoms with Crippen LogP contribution in [0.25, 0.3) is 0 Å². The van der Waals surface area contributed by atoms with Crippen LogP contribution in [0.5, 0.6) is 5.75 Å². The minimum Gasteiger partial charge on any atom is -0.506 e. The van der Waals surface area contributed by atoms with Crippen LogP contribution in [0, 0.1) is 6.92 Å². The average Bonchev–Trinajstić information content (AvgIpc) is 2.36. The van der Waals surface area contributed by atoms with Crippen LogP contribution < -0.4 is 11.1 Å². The molecule has 0 aromatic heterocycles. The van der Waals surface area contributed by atoms with Gasteiger partial charge in [0.25, 0.3) is 5.91 Å². The molecule has 4 N–H and O–H groups in total. The molecule has 2 aromatic carbocycles. The van der Waals surface area contributed by atoms with Crippen LogP contribution in [0.1, 0.15) is 15.9 Å². The van der Waals surface area contributed by atoms with Gasteiger partial charge in [0.15, 0.2) is 0 Å². The van der Waals surface area contributed by atoms with Crippen molar-refractivity contribution in [3.63, 3.8) is 0 Å². The Morgan fingerprint density at radius 3 is 2.63 bits per heavy atom. The quantitative estimate of drug-likeness (QED) is 0.582. The summed E-state index contributed by atoms with van der Waals surface area (Å²) < 4.78 is 0. The number of carbonyl (C=O) groups excluding carboxylic acids is 1. The largest absolute Gasteiger partial charge is 0.506 e. The predicted octanol–water partition coefficient (Wildman–Crippen LogP) is 3.19. The Morgan fingerprint density at radius 2 is 2.00 bits per heavy atom. The first-order valence-electron chi connectivity index (χ1n) is 5.63. The number of hydrogen-bond donors (Lipinski definition) is 3. The molecule has 0 atom stereocenters. The number of rotatable bonds is 2. The third-order valence-corrected chi connectivity index (χ3v) is 2.96. The third-order valence-electron chi connectivity index (χ3n) is 2.73. The Kier molecular flexibility index (Phi) is 3.62. The van der Waals surface area contributed by atoms with Gasteiger partial charge in [-0.3, -0.25) is 4.79 Å². The molecule has 0 saturated heterocycles. The highest BCUT2D eigenvalue weighted by Gasteiger charge is 2.09. The van der Waals surface area contributed by atoms with Crippen LogP contribution in [0.4, 0.5) is 11.4 Å². The number of anilines is 2. The molecule has 98 valence electrons. The number of nitrogen functional groups attached to an aromatic ring is 1. The Bertz CT molecular complexity index is 641. The van der Waals surface area contributed by atoms with Crippen molar-refractivity contribution in [2.24, 2.45) is 0 Å². The topological polar surface area (TPSA) is 75.4 Å². The monoisotopic (exact) mass is 276 g/mol. The first kappa shape index (κ1) is 13.2. The van der Waals surface area contributed by atoms with Crippen LogP contribution in [-0.4, -0.2) is 11.0 Å². The molecular formula is C14H13ClN2O2. The van der Waals surface area contributed by atoms with E-state index in [9.17, 15) is 9.90 Å². The first-order chi connectivity index (χ1) is 8.97. The molecule has 1 amide bonds. The van der Waals surface area contributed by atoms with Gasteiger partial charge in [-0.15, -0.1) is 0 Å². The van der Waals surface area contributed by atoms with E-state index in [-0.39, 0.29) is 17.3 Å². The number of nitrogens with one attached hydrogen (secondary N) is 1. The first-order valence-corrected chi connectivity index (χ1v) is 6.01. The smallest absolute Gasteiger partial charge is 0.255 e. The van der Waals surface area contributed by atoms with Gasteiger partial charge >= 0.3 is 0 Å². The van der Waals surface area contributed by atoms with Crippen LogP contribution in [0.15, 0.2) is 36.4 Å². The van der Waals surface area contributed by atoms with Crippen molar-refractivity contribution in [1.29, 1.82) is 0 Å². The maximum Gasteiger partial charge on any atom is 0.255 e. The fourth-order valence-corrected chi connectivity index (χ4v) is 1.87. The number of halogens is 1. The molecule has 0 bridgehead atoms. The molecule has 0 spiro atoms. The highest BCUT2D eigenvalue weighted by Crippen LogP contribution is 2.23. The van der Waals surface area contributed by atoms with Crippen molar-refractivity contribution < 1.29 is 9.90 Å². The molecule has 4 nitrogen and oxygen atoms in total. The lowest BCUT2D eigenvalue weighted by molar-refractivity contribution is 0.102. The molecule has 0 saturated carbocycles. The lowest BCUT2D eigenvalue weighted by Crippen LogP contribution is -2.12. The van der Waals surface area contributed by atoms with Crippen molar-refractivity contribution in [1.82, 2.24) is 0 Å². The summed E-state index contributed by atoms with van der Waals surface area (Å²) in [5.74, 6) is -0.429. The molecule has 2 aromatic rings. The maximum absolute atomic E-state index is 12.0. The van der Waals surface area contributed by atoms with E-state index >= 15 is 0 Å². The van der Waals surface area contributed by atoms with Gasteiger partial charge in [0, 0.05) is 16.3 Å². The highest BCUT2D eigenvalue weighted by molar-refractivity contribution is 6.30. The van der Waals surface area contributed by atoms with Gasteiger partial charge in [-0.2, -0.15) is 0 Å². The lowest BCUT2D eigenvalue weighted by Gasteiger charge is -2.09. The van der Waals surface area contributed by atoms with Gasteiger partial charge in [0.1, 0.15) is 5.75 Å². The molecule has 0 aliphatic heterocycles. The van der Waals surface area contributed by atoms with Gasteiger partial charge in [0.2, 0.25) is 0 Å². The number of hydrogen-bond acceptors (Lipinski definition) is 3. The predicted molar refractivity (Wildman–Crippen MR) is 76.7 cm³/mol. The zero-order chi connectivity index (χ0) is 14.0. The van der Waals surface area contributed by atoms with Crippen molar-refractivity contribution in [2.45, 2.75) is 6.92 Å². The fourth-order valence-electron chi connectivity index (χ4n) is 1.65. The maximum atomic E-state index is 12.0. The number of phenols is 1. The second-order valence-electron chi connectivity index (χ2n) is 4.19. The molecular weight excluding hydrogens is 264 g/mol. The summed E-state index contributed by atoms with van der Waals surface area (Å²) in [5, 5.41) is 12.8. The molecule has 2 rings (SSSR count). The van der Waals surface area contributed by atoms with Gasteiger partial charge in [0.05, 0.1) is 5.69 Å². The highest BCUT2D eigenvalue weighted by atomic mass is 35.5. The van der Waals surface area contributed by atoms with Gasteiger partial charge < -0.3 is 16.2 Å². The molecule has 0 fully saturated rings. The second kappa shape index (κ2) is 5.20. The molecule has 0 aliphatic carbocycles. The van der Waals surface area contributed by atoms with Crippen molar-refractivity contribution >= 4 is 28.9 Å². The Balaban J connectivity index is 2.23. The Labute approximate surface area is 115 Å². The second-order valence-corrected chi connectivity index (χ2v) is 4.62. The van der Waals surface area contributed by atoms with E-state index in [0.29, 0.717) is 16.3 Å². The lowest BCUT2D eigenvalue weighted by atomic mass is 10.1. The zero-order valence-electron chi connectivity index (χ0n) is 10.3. The van der Waals surface area contributed by atoms with Crippen LogP contribution in [-0.2, 0) is 0 Å². The summed E-state index contributed by atoms with van der Waals surface area (Å²) in [6, 6.07) is 9.56. The zero-order valence-corrected chi connectivity index (χ0v) is 11.0. The Morgan fingerprint density at radius 1 is 1.26 bits per heavy atom. The molecule has 19 heavy (non-hydrogen) atoms. The number of aryl methyl sites for hydroxylation is 1. The third kappa shape index (κ3) is 2.98. The summed E-state index contributed by atoms with van der Waals surface area (Å²) >= 11 is 5.85. The number of nitrogens with two attached hydrogens (primary N) is 1. The normalized spacial score (nSPS) is 10.2. The summed E-state index contributed by atoms with van der Waals surface area (Å²) in [7, 11) is 0. The van der Waals surface area contributed by atoms with Crippen LogP contribution in [0.3, 0.4) is 0 Å². The minimum atomic E-state index is -0.319. The Hall–Kier alpha value is -2.20. The van der Waals surface area contributed by atoms with Crippen molar-refractivity contribution in [2.75, 3.05) is 11.1 Å². The van der Waals surface area contributed by atoms with E-state index in [0.717, 1.165) is 5.56 Å². The fraction of sp³-hybridized carbons (Fsp3) is 0.0714. The van der Waals surface area contributed by atoms with E-state index in [2.05, 4.69) is 5.32 Å². The SMILES string of the molecule is Cc1cc(Cl)ccc1NC(=O)c1ccc(N)c(O)c1. The number of amides is 1. The summed E-state index contributed by atoms with van der Waals surface area (Å²) in [5.41, 5.74) is 7.59. The summed E-state index contributed by atoms with van der Waals surface area (Å²) in [6.45, 7) is 1.85. The number of phenolic OH excluding ortho intramolecular Hbond substituents is 1. The number of benzene rings is 2. The number of aromatic hydroxyl groups is 1. The van der Waals surface area contributed by atoms with Crippen molar-refractivity contribution in [3.8, 4) is 5.75 Å². The van der Waals surface area contributed by atoms with E-state index in [1.54, 1.807) is 24.3 Å². The van der Waals surface area contributed by atoms with Crippen molar-refractivity contribution in [3.05, 3.63) is 52.5 Å². The van der Waals surface area contributed by atoms with Gasteiger partial charge in [-0.05, 0) is 48.9 Å². The van der Waals surface area contributed by atoms with Crippen LogP contribution >= 0.6 is 11.6 Å². The molecule has 0 radical (unpaired) electrons. The number of carbonyl (C=O) groups is 1. The van der Waals surface area contributed by atoms with E-state index in [1.165, 1.54) is 12.1 Å². The van der Waals surface area contributed by atoms with Gasteiger partial charge in [-0.25, -0.2) is 0 Å². The van der Waals surface area contributed by atoms with Crippen LogP contribution in [0.2, 0.25) is 5.02 Å². The standard InChI is InChI=1S/C14H13ClN2O2/c1-8-6-10(15)3-5-12(8)17-14(19)9-2-4-11(16)13(18)7-9/h2-7,18H,16H2,1H3,(H,17,19). The molecule has 0 unspecified atom stereocenters. The van der Waals surface area contributed by atoms with E-state index < -0.39 is 0 Å². The van der Waals surface area contributed by atoms with Gasteiger partial charge in [-0.1, -0.05) is 11.6 Å². The molecule has 5 heteroatoms. The minimum absolute atomic E-state index is 0.111. The summed E-state index contributed by atoms with van der Waals surface area (Å²) in [4.78, 5) is 12.0. The van der Waals surface area contributed by atoms with E-state index in [1.807, 2.05) is 6.92 Å².